The fourth-order valence-electron chi connectivity index (χ4n) is 3.72. The number of hydrogen-bond acceptors (Lipinski definition) is 5. The van der Waals surface area contributed by atoms with Crippen molar-refractivity contribution in [1.29, 1.82) is 0 Å². The molecule has 8 nitrogen and oxygen atoms in total. The van der Waals surface area contributed by atoms with Gasteiger partial charge in [-0.25, -0.2) is 9.89 Å². The van der Waals surface area contributed by atoms with Crippen molar-refractivity contribution < 1.29 is 0 Å². The minimum Gasteiger partial charge on any atom is -0.263 e. The van der Waals surface area contributed by atoms with Gasteiger partial charge in [0, 0.05) is 12.0 Å². The van der Waals surface area contributed by atoms with Gasteiger partial charge in [0.1, 0.15) is 0 Å². The Kier molecular flexibility index (Phi) is 5.82. The molecule has 5 aromatic rings. The number of tetrazole rings is 1. The third-order valence-corrected chi connectivity index (χ3v) is 5.37. The van der Waals surface area contributed by atoms with Crippen LogP contribution in [0.4, 0.5) is 0 Å². The third kappa shape index (κ3) is 4.14. The first-order chi connectivity index (χ1) is 16.7. The van der Waals surface area contributed by atoms with Crippen LogP contribution < -0.4 is 5.69 Å². The number of nitrogens with zero attached hydrogens (tertiary/aromatic N) is 6. The highest BCUT2D eigenvalue weighted by Gasteiger charge is 2.14. The summed E-state index contributed by atoms with van der Waals surface area (Å²) in [5.74, 6) is 7.12. The molecule has 0 aliphatic rings. The van der Waals surface area contributed by atoms with Crippen molar-refractivity contribution in [3.8, 4) is 40.0 Å². The van der Waals surface area contributed by atoms with Gasteiger partial charge in [-0.05, 0) is 45.2 Å². The summed E-state index contributed by atoms with van der Waals surface area (Å²) in [6, 6.07) is 25.4. The normalized spacial score (nSPS) is 10.6. The lowest BCUT2D eigenvalue weighted by atomic mass is 9.98. The highest BCUT2D eigenvalue weighted by Crippen LogP contribution is 2.29. The maximum Gasteiger partial charge on any atom is 0.351 e. The third-order valence-electron chi connectivity index (χ3n) is 5.37. The van der Waals surface area contributed by atoms with Gasteiger partial charge in [0.15, 0.2) is 5.82 Å². The zero-order chi connectivity index (χ0) is 23.3. The first kappa shape index (κ1) is 21.1. The molecule has 8 heteroatoms. The van der Waals surface area contributed by atoms with Crippen molar-refractivity contribution in [3.05, 3.63) is 101 Å². The van der Waals surface area contributed by atoms with Crippen LogP contribution in [0.15, 0.2) is 83.7 Å². The van der Waals surface area contributed by atoms with Gasteiger partial charge in [0.2, 0.25) is 5.82 Å². The monoisotopic (exact) mass is 447 g/mol. The topological polar surface area (TPSA) is 94.3 Å². The summed E-state index contributed by atoms with van der Waals surface area (Å²) >= 11 is 0. The van der Waals surface area contributed by atoms with Crippen molar-refractivity contribution >= 4 is 0 Å². The van der Waals surface area contributed by atoms with E-state index in [1.165, 1.54) is 4.68 Å². The zero-order valence-electron chi connectivity index (χ0n) is 18.5. The lowest BCUT2D eigenvalue weighted by molar-refractivity contribution is 0.733. The average Bonchev–Trinajstić information content (AvgIpc) is 3.53. The second-order valence-electron chi connectivity index (χ2n) is 7.59. The van der Waals surface area contributed by atoms with Crippen LogP contribution in [0.25, 0.3) is 28.2 Å². The van der Waals surface area contributed by atoms with E-state index >= 15 is 0 Å². The summed E-state index contributed by atoms with van der Waals surface area (Å²) in [7, 11) is 0. The smallest absolute Gasteiger partial charge is 0.263 e. The lowest BCUT2D eigenvalue weighted by Crippen LogP contribution is -2.24. The van der Waals surface area contributed by atoms with Crippen molar-refractivity contribution in [2.24, 2.45) is 0 Å². The Morgan fingerprint density at radius 1 is 0.912 bits per heavy atom. The van der Waals surface area contributed by atoms with E-state index in [1.54, 1.807) is 4.57 Å². The van der Waals surface area contributed by atoms with Crippen molar-refractivity contribution in [1.82, 2.24) is 35.0 Å². The molecular formula is C26H21N7O. The molecule has 0 radical (unpaired) electrons. The maximum atomic E-state index is 13.2. The number of aromatic amines is 1. The van der Waals surface area contributed by atoms with E-state index in [0.717, 1.165) is 22.3 Å². The number of aromatic nitrogens is 7. The van der Waals surface area contributed by atoms with E-state index in [9.17, 15) is 4.79 Å². The largest absolute Gasteiger partial charge is 0.351 e. The predicted molar refractivity (Wildman–Crippen MR) is 129 cm³/mol. The molecule has 166 valence electrons. The summed E-state index contributed by atoms with van der Waals surface area (Å²) in [6.45, 7) is 2.34. The Hall–Kier alpha value is -4.77. The zero-order valence-corrected chi connectivity index (χ0v) is 18.5. The summed E-state index contributed by atoms with van der Waals surface area (Å²) in [4.78, 5) is 13.2. The summed E-state index contributed by atoms with van der Waals surface area (Å²) in [5.41, 5.74) is 4.40. The van der Waals surface area contributed by atoms with Gasteiger partial charge in [0.05, 0.1) is 12.2 Å². The molecule has 1 N–H and O–H groups in total. The van der Waals surface area contributed by atoms with Gasteiger partial charge in [-0.3, -0.25) is 4.57 Å². The van der Waals surface area contributed by atoms with Crippen LogP contribution in [0, 0.1) is 11.8 Å². The Balaban J connectivity index is 1.49. The van der Waals surface area contributed by atoms with E-state index in [-0.39, 0.29) is 5.69 Å². The molecule has 34 heavy (non-hydrogen) atoms. The van der Waals surface area contributed by atoms with Gasteiger partial charge < -0.3 is 0 Å². The number of hydrogen-bond donors (Lipinski definition) is 1. The molecule has 0 saturated carbocycles. The van der Waals surface area contributed by atoms with Gasteiger partial charge in [-0.15, -0.1) is 10.2 Å². The molecule has 0 unspecified atom stereocenters. The van der Waals surface area contributed by atoms with Gasteiger partial charge >= 0.3 is 5.69 Å². The Labute approximate surface area is 195 Å². The fraction of sp³-hybridized carbons (Fsp3) is 0.115. The fourth-order valence-corrected chi connectivity index (χ4v) is 3.72. The maximum absolute atomic E-state index is 13.2. The molecule has 0 fully saturated rings. The van der Waals surface area contributed by atoms with Gasteiger partial charge in [-0.2, -0.15) is 4.68 Å². The Morgan fingerprint density at radius 2 is 1.65 bits per heavy atom. The molecule has 0 spiro atoms. The standard InChI is InChI=1S/C26H21N7O/c1-2-3-13-24-29-33(21-9-5-4-6-10-21)26(34)32(24)18-19-14-16-20(17-15-19)22-11-7-8-12-23(22)25-27-30-31-28-25/h4-12,14-17H,2,18H2,1H3,(H,27,28,30,31). The second-order valence-corrected chi connectivity index (χ2v) is 7.59. The highest BCUT2D eigenvalue weighted by atomic mass is 16.2. The summed E-state index contributed by atoms with van der Waals surface area (Å²) < 4.78 is 3.01. The van der Waals surface area contributed by atoms with Crippen molar-refractivity contribution in [2.75, 3.05) is 0 Å². The number of benzene rings is 3. The van der Waals surface area contributed by atoms with E-state index in [2.05, 4.69) is 37.6 Å². The second kappa shape index (κ2) is 9.38. The molecule has 0 aliphatic carbocycles. The SMILES string of the molecule is CCC#Cc1nn(-c2ccccc2)c(=O)n1Cc1ccc(-c2ccccc2-c2nnn[nH]2)cc1. The van der Waals surface area contributed by atoms with E-state index < -0.39 is 0 Å². The molecule has 0 bridgehead atoms. The number of rotatable bonds is 5. The summed E-state index contributed by atoms with van der Waals surface area (Å²) in [6.07, 6.45) is 0.682. The van der Waals surface area contributed by atoms with Gasteiger partial charge in [-0.1, -0.05) is 79.6 Å². The molecule has 0 atom stereocenters. The average molecular weight is 448 g/mol. The summed E-state index contributed by atoms with van der Waals surface area (Å²) in [5, 5.41) is 18.7. The number of H-pyrrole nitrogens is 1. The molecule has 0 saturated heterocycles. The lowest BCUT2D eigenvalue weighted by Gasteiger charge is -2.09. The Bertz CT molecular complexity index is 1520. The molecule has 2 heterocycles. The molecule has 3 aromatic carbocycles. The molecule has 2 aromatic heterocycles. The Morgan fingerprint density at radius 3 is 2.35 bits per heavy atom. The minimum absolute atomic E-state index is 0.223. The quantitative estimate of drug-likeness (QED) is 0.415. The minimum atomic E-state index is -0.223. The molecular weight excluding hydrogens is 426 g/mol. The van der Waals surface area contributed by atoms with Gasteiger partial charge in [0.25, 0.3) is 0 Å². The first-order valence-electron chi connectivity index (χ1n) is 10.9. The molecule has 0 aliphatic heterocycles. The van der Waals surface area contributed by atoms with E-state index in [0.29, 0.717) is 30.3 Å². The van der Waals surface area contributed by atoms with E-state index in [4.69, 9.17) is 0 Å². The van der Waals surface area contributed by atoms with Crippen LogP contribution in [0.3, 0.4) is 0 Å². The first-order valence-corrected chi connectivity index (χ1v) is 10.9. The van der Waals surface area contributed by atoms with Crippen LogP contribution in [-0.2, 0) is 6.54 Å². The molecule has 0 amide bonds. The molecule has 5 rings (SSSR count). The predicted octanol–water partition coefficient (Wildman–Crippen LogP) is 3.69. The van der Waals surface area contributed by atoms with Crippen LogP contribution in [-0.4, -0.2) is 35.0 Å². The van der Waals surface area contributed by atoms with Crippen LogP contribution >= 0.6 is 0 Å². The number of nitrogens with one attached hydrogen (secondary N) is 1. The highest BCUT2D eigenvalue weighted by molar-refractivity contribution is 5.80. The van der Waals surface area contributed by atoms with Crippen molar-refractivity contribution in [3.63, 3.8) is 0 Å². The van der Waals surface area contributed by atoms with Crippen LogP contribution in [0.5, 0.6) is 0 Å². The van der Waals surface area contributed by atoms with E-state index in [1.807, 2.05) is 85.8 Å². The van der Waals surface area contributed by atoms with Crippen LogP contribution in [0.2, 0.25) is 0 Å². The van der Waals surface area contributed by atoms with Crippen molar-refractivity contribution in [2.45, 2.75) is 19.9 Å². The number of para-hydroxylation sites is 1. The van der Waals surface area contributed by atoms with Crippen LogP contribution in [0.1, 0.15) is 24.7 Å².